The predicted molar refractivity (Wildman–Crippen MR) is 139 cm³/mol. The minimum atomic E-state index is -0.269. The van der Waals surface area contributed by atoms with Crippen LogP contribution in [-0.2, 0) is 4.79 Å². The summed E-state index contributed by atoms with van der Waals surface area (Å²) < 4.78 is 11.5. The van der Waals surface area contributed by atoms with Crippen molar-refractivity contribution >= 4 is 46.3 Å². The van der Waals surface area contributed by atoms with E-state index in [1.165, 1.54) is 30.6 Å². The highest BCUT2D eigenvalue weighted by Gasteiger charge is 2.54. The van der Waals surface area contributed by atoms with Gasteiger partial charge in [-0.15, -0.1) is 11.8 Å². The van der Waals surface area contributed by atoms with Gasteiger partial charge in [-0.1, -0.05) is 29.0 Å². The van der Waals surface area contributed by atoms with Crippen LogP contribution in [0.5, 0.6) is 11.5 Å². The maximum Gasteiger partial charge on any atom is 0.305 e. The van der Waals surface area contributed by atoms with Gasteiger partial charge in [-0.3, -0.25) is 9.59 Å². The van der Waals surface area contributed by atoms with Crippen LogP contribution < -0.4 is 19.7 Å². The van der Waals surface area contributed by atoms with E-state index >= 15 is 0 Å². The number of hydrogen-bond donors (Lipinski definition) is 2. The Morgan fingerprint density at radius 3 is 2.74 bits per heavy atom. The lowest BCUT2D eigenvalue weighted by atomic mass is 9.75. The Bertz CT molecular complexity index is 1320. The molecule has 6 rings (SSSR count). The lowest BCUT2D eigenvalue weighted by Gasteiger charge is -2.40. The summed E-state index contributed by atoms with van der Waals surface area (Å²) in [6.45, 7) is -0.142. The van der Waals surface area contributed by atoms with E-state index in [-0.39, 0.29) is 23.3 Å². The molecule has 0 radical (unpaired) electrons. The lowest BCUT2D eigenvalue weighted by Crippen LogP contribution is -2.33. The number of thioether (sulfide) groups is 1. The van der Waals surface area contributed by atoms with Crippen LogP contribution in [0.1, 0.15) is 35.6 Å². The zero-order valence-corrected chi connectivity index (χ0v) is 21.5. The zero-order chi connectivity index (χ0) is 24.1. The number of ether oxygens (including phenoxy) is 2. The quantitative estimate of drug-likeness (QED) is 0.424. The van der Waals surface area contributed by atoms with E-state index in [1.54, 1.807) is 31.4 Å². The van der Waals surface area contributed by atoms with Crippen molar-refractivity contribution in [3.8, 4) is 11.5 Å². The van der Waals surface area contributed by atoms with Gasteiger partial charge in [-0.25, -0.2) is 0 Å². The molecule has 1 aromatic heterocycles. The Hall–Kier alpha value is -2.42. The van der Waals surface area contributed by atoms with Gasteiger partial charge in [-0.2, -0.15) is 0 Å². The molecule has 2 aliphatic carbocycles. The lowest BCUT2D eigenvalue weighted by molar-refractivity contribution is -0.118. The molecule has 2 saturated carbocycles. The average Bonchev–Trinajstić information content (AvgIpc) is 3.57. The van der Waals surface area contributed by atoms with E-state index in [9.17, 15) is 9.59 Å². The number of aromatic amines is 1. The minimum Gasteiger partial charge on any atom is -0.493 e. The van der Waals surface area contributed by atoms with Gasteiger partial charge in [0.1, 0.15) is 0 Å². The maximum absolute atomic E-state index is 12.4. The number of carbonyl (C=O) groups is 1. The first-order chi connectivity index (χ1) is 17.0. The number of amides is 1. The van der Waals surface area contributed by atoms with Crippen molar-refractivity contribution in [2.24, 2.45) is 17.8 Å². The fraction of sp³-hybridized carbons (Fsp3) is 0.385. The molecule has 2 aromatic carbocycles. The van der Waals surface area contributed by atoms with Crippen molar-refractivity contribution < 1.29 is 14.3 Å². The molecule has 0 spiro atoms. The number of anilines is 1. The van der Waals surface area contributed by atoms with Crippen LogP contribution in [0.2, 0.25) is 5.02 Å². The van der Waals surface area contributed by atoms with Gasteiger partial charge in [0.25, 0.3) is 5.91 Å². The Morgan fingerprint density at radius 2 is 1.94 bits per heavy atom. The van der Waals surface area contributed by atoms with E-state index in [0.717, 1.165) is 21.4 Å². The van der Waals surface area contributed by atoms with Crippen LogP contribution in [0.25, 0.3) is 0 Å². The summed E-state index contributed by atoms with van der Waals surface area (Å²) in [6.07, 6.45) is 3.86. The van der Waals surface area contributed by atoms with E-state index in [1.807, 2.05) is 23.9 Å². The van der Waals surface area contributed by atoms with E-state index in [4.69, 9.17) is 21.1 Å². The molecule has 9 heteroatoms. The normalized spacial score (nSPS) is 26.2. The fourth-order valence-electron chi connectivity index (χ4n) is 6.09. The first kappa shape index (κ1) is 23.0. The van der Waals surface area contributed by atoms with Crippen molar-refractivity contribution in [2.45, 2.75) is 35.5 Å². The van der Waals surface area contributed by atoms with E-state index in [2.05, 4.69) is 16.4 Å². The summed E-state index contributed by atoms with van der Waals surface area (Å²) in [4.78, 5) is 28.9. The van der Waals surface area contributed by atoms with Crippen molar-refractivity contribution in [2.75, 3.05) is 19.0 Å². The number of rotatable bonds is 6. The van der Waals surface area contributed by atoms with Crippen LogP contribution in [0, 0.1) is 17.8 Å². The molecule has 0 unspecified atom stereocenters. The Kier molecular flexibility index (Phi) is 6.06. The van der Waals surface area contributed by atoms with Gasteiger partial charge < -0.3 is 19.8 Å². The van der Waals surface area contributed by atoms with Crippen LogP contribution in [0.15, 0.2) is 52.3 Å². The second-order valence-corrected chi connectivity index (χ2v) is 12.1. The summed E-state index contributed by atoms with van der Waals surface area (Å²) in [6, 6.07) is 12.9. The summed E-state index contributed by atoms with van der Waals surface area (Å²) in [7, 11) is 1.61. The van der Waals surface area contributed by atoms with E-state index in [0.29, 0.717) is 39.3 Å². The van der Waals surface area contributed by atoms with Gasteiger partial charge in [0, 0.05) is 26.8 Å². The minimum absolute atomic E-state index is 0.0124. The second-order valence-electron chi connectivity index (χ2n) is 9.43. The molecule has 1 amide bonds. The number of benzene rings is 2. The molecule has 3 aliphatic rings. The van der Waals surface area contributed by atoms with Crippen LogP contribution in [-0.4, -0.2) is 29.9 Å². The number of halogens is 1. The first-order valence-electron chi connectivity index (χ1n) is 11.8. The van der Waals surface area contributed by atoms with Gasteiger partial charge in [0.2, 0.25) is 0 Å². The van der Waals surface area contributed by atoms with Crippen molar-refractivity contribution in [1.29, 1.82) is 0 Å². The van der Waals surface area contributed by atoms with Gasteiger partial charge in [0.15, 0.2) is 18.1 Å². The standard InChI is InChI=1S/C26H25ClN2O4S2/c1-32-19-11-14(4-9-18(19)33-12-20(30)28-17-7-5-16(27)6-8-17)22-21-13-2-3-15(10-13)23(21)34-25-24(22)35-26(31)29-25/h4-9,11,13,15,21-23H,2-3,10,12H2,1H3,(H,28,30)(H,29,31)/t13-,15-,21-,22+,23-/m0/s1. The Balaban J connectivity index is 1.24. The number of carbonyl (C=O) groups excluding carboxylic acids is 1. The van der Waals surface area contributed by atoms with Crippen LogP contribution in [0.3, 0.4) is 0 Å². The number of thiazole rings is 1. The predicted octanol–water partition coefficient (Wildman–Crippen LogP) is 5.77. The van der Waals surface area contributed by atoms with Gasteiger partial charge >= 0.3 is 4.87 Å². The Labute approximate surface area is 216 Å². The van der Waals surface area contributed by atoms with E-state index < -0.39 is 0 Å². The zero-order valence-electron chi connectivity index (χ0n) is 19.1. The highest BCUT2D eigenvalue weighted by molar-refractivity contribution is 8.00. The molecule has 5 atom stereocenters. The largest absolute Gasteiger partial charge is 0.493 e. The SMILES string of the molecule is COc1cc([C@H]2c3sc(=O)[nH]c3S[C@H]3[C@H]4CC[C@@H](C4)[C@@H]23)ccc1OCC(=O)Nc1ccc(Cl)cc1. The topological polar surface area (TPSA) is 80.4 Å². The molecule has 3 aromatic rings. The molecular formula is C26H25ClN2O4S2. The van der Waals surface area contributed by atoms with Crippen LogP contribution >= 0.6 is 34.7 Å². The summed E-state index contributed by atoms with van der Waals surface area (Å²) in [5.41, 5.74) is 1.79. The molecule has 1 aliphatic heterocycles. The fourth-order valence-corrected chi connectivity index (χ4v) is 9.11. The highest BCUT2D eigenvalue weighted by Crippen LogP contribution is 2.63. The smallest absolute Gasteiger partial charge is 0.305 e. The first-order valence-corrected chi connectivity index (χ1v) is 13.8. The third kappa shape index (κ3) is 4.26. The van der Waals surface area contributed by atoms with Gasteiger partial charge in [0.05, 0.1) is 12.1 Å². The maximum atomic E-state index is 12.4. The average molecular weight is 529 g/mol. The van der Waals surface area contributed by atoms with Crippen molar-refractivity contribution in [3.05, 3.63) is 67.6 Å². The molecule has 2 heterocycles. The number of hydrogen-bond acceptors (Lipinski definition) is 6. The van der Waals surface area contributed by atoms with Crippen molar-refractivity contribution in [3.63, 3.8) is 0 Å². The molecule has 2 N–H and O–H groups in total. The monoisotopic (exact) mass is 528 g/mol. The van der Waals surface area contributed by atoms with Gasteiger partial charge in [-0.05, 0) is 79.0 Å². The number of fused-ring (bicyclic) bond motifs is 6. The van der Waals surface area contributed by atoms with Crippen molar-refractivity contribution in [1.82, 2.24) is 4.98 Å². The third-order valence-corrected chi connectivity index (χ3v) is 10.4. The molecular weight excluding hydrogens is 504 g/mol. The molecule has 35 heavy (non-hydrogen) atoms. The third-order valence-electron chi connectivity index (χ3n) is 7.50. The number of H-pyrrole nitrogens is 1. The Morgan fingerprint density at radius 1 is 1.14 bits per heavy atom. The summed E-state index contributed by atoms with van der Waals surface area (Å²) in [5.74, 6) is 2.97. The molecule has 2 bridgehead atoms. The number of nitrogens with one attached hydrogen (secondary N) is 2. The molecule has 6 nitrogen and oxygen atoms in total. The highest BCUT2D eigenvalue weighted by atomic mass is 35.5. The summed E-state index contributed by atoms with van der Waals surface area (Å²) >= 11 is 9.12. The summed E-state index contributed by atoms with van der Waals surface area (Å²) in [5, 5.41) is 4.99. The molecule has 182 valence electrons. The second kappa shape index (κ2) is 9.22. The molecule has 0 saturated heterocycles. The number of aromatic nitrogens is 1. The van der Waals surface area contributed by atoms with Crippen LogP contribution in [0.4, 0.5) is 5.69 Å². The molecule has 2 fully saturated rings. The number of methoxy groups -OCH3 is 1.